The molecule has 1 fully saturated rings. The molecule has 1 aliphatic heterocycles. The van der Waals surface area contributed by atoms with Crippen molar-refractivity contribution in [3.63, 3.8) is 0 Å². The van der Waals surface area contributed by atoms with E-state index in [2.05, 4.69) is 38.0 Å². The standard InChI is InChI=1S/C23H23N5O3/c1-27-14-17(18-4-2-3-5-19(18)27)6-7-21(29)28-12-13-30-20(15-28)23-25-22(26-31-23)16-8-10-24-11-9-16/h2-5,8-11,14,20H,6-7,12-13,15H2,1H3. The van der Waals surface area contributed by atoms with Gasteiger partial charge in [-0.05, 0) is 30.2 Å². The number of para-hydroxylation sites is 1. The maximum absolute atomic E-state index is 12.9. The number of hydrogen-bond donors (Lipinski definition) is 0. The molecule has 0 saturated carbocycles. The molecule has 1 saturated heterocycles. The Morgan fingerprint density at radius 3 is 2.90 bits per heavy atom. The van der Waals surface area contributed by atoms with Gasteiger partial charge < -0.3 is 18.7 Å². The van der Waals surface area contributed by atoms with Gasteiger partial charge in [0.15, 0.2) is 6.10 Å². The first-order chi connectivity index (χ1) is 15.2. The first-order valence-electron chi connectivity index (χ1n) is 10.4. The lowest BCUT2D eigenvalue weighted by atomic mass is 10.1. The van der Waals surface area contributed by atoms with E-state index in [1.54, 1.807) is 12.4 Å². The molecule has 158 valence electrons. The van der Waals surface area contributed by atoms with Crippen LogP contribution in [0.4, 0.5) is 0 Å². The van der Waals surface area contributed by atoms with Crippen molar-refractivity contribution in [1.29, 1.82) is 0 Å². The van der Waals surface area contributed by atoms with Gasteiger partial charge in [0.05, 0.1) is 13.2 Å². The highest BCUT2D eigenvalue weighted by molar-refractivity contribution is 5.85. The van der Waals surface area contributed by atoms with Gasteiger partial charge in [0.1, 0.15) is 0 Å². The Morgan fingerprint density at radius 1 is 1.19 bits per heavy atom. The van der Waals surface area contributed by atoms with Crippen molar-refractivity contribution in [3.05, 3.63) is 66.4 Å². The third kappa shape index (κ3) is 3.94. The lowest BCUT2D eigenvalue weighted by Gasteiger charge is -2.31. The van der Waals surface area contributed by atoms with Crippen LogP contribution in [0.2, 0.25) is 0 Å². The molecule has 1 amide bonds. The highest BCUT2D eigenvalue weighted by Gasteiger charge is 2.29. The summed E-state index contributed by atoms with van der Waals surface area (Å²) in [7, 11) is 2.03. The summed E-state index contributed by atoms with van der Waals surface area (Å²) >= 11 is 0. The van der Waals surface area contributed by atoms with Crippen molar-refractivity contribution in [2.24, 2.45) is 7.05 Å². The summed E-state index contributed by atoms with van der Waals surface area (Å²) in [6.07, 6.45) is 6.21. The smallest absolute Gasteiger partial charge is 0.257 e. The molecule has 0 radical (unpaired) electrons. The van der Waals surface area contributed by atoms with Crippen LogP contribution in [0, 0.1) is 0 Å². The molecule has 0 aliphatic carbocycles. The zero-order valence-corrected chi connectivity index (χ0v) is 17.3. The molecule has 1 unspecified atom stereocenters. The van der Waals surface area contributed by atoms with E-state index in [9.17, 15) is 4.79 Å². The molecule has 3 aromatic heterocycles. The summed E-state index contributed by atoms with van der Waals surface area (Å²) < 4.78 is 13.3. The van der Waals surface area contributed by atoms with Crippen molar-refractivity contribution >= 4 is 16.8 Å². The van der Waals surface area contributed by atoms with Crippen molar-refractivity contribution in [1.82, 2.24) is 24.6 Å². The third-order valence-corrected chi connectivity index (χ3v) is 5.66. The number of benzene rings is 1. The number of aromatic nitrogens is 4. The van der Waals surface area contributed by atoms with E-state index in [-0.39, 0.29) is 5.91 Å². The summed E-state index contributed by atoms with van der Waals surface area (Å²) in [4.78, 5) is 23.2. The van der Waals surface area contributed by atoms with Crippen LogP contribution >= 0.6 is 0 Å². The van der Waals surface area contributed by atoms with Gasteiger partial charge in [-0.3, -0.25) is 9.78 Å². The van der Waals surface area contributed by atoms with E-state index in [1.165, 1.54) is 16.5 Å². The number of hydrogen-bond acceptors (Lipinski definition) is 6. The predicted molar refractivity (Wildman–Crippen MR) is 114 cm³/mol. The van der Waals surface area contributed by atoms with Gasteiger partial charge in [-0.2, -0.15) is 4.98 Å². The quantitative estimate of drug-likeness (QED) is 0.496. The molecule has 8 heteroatoms. The van der Waals surface area contributed by atoms with E-state index in [4.69, 9.17) is 9.26 Å². The number of nitrogens with zero attached hydrogens (tertiary/aromatic N) is 5. The van der Waals surface area contributed by atoms with Crippen LogP contribution < -0.4 is 0 Å². The molecule has 1 aromatic carbocycles. The lowest BCUT2D eigenvalue weighted by molar-refractivity contribution is -0.140. The minimum Gasteiger partial charge on any atom is -0.365 e. The van der Waals surface area contributed by atoms with Gasteiger partial charge in [0, 0.05) is 55.1 Å². The van der Waals surface area contributed by atoms with Crippen LogP contribution in [0.3, 0.4) is 0 Å². The minimum atomic E-state index is -0.418. The Kier molecular flexibility index (Phi) is 5.21. The van der Waals surface area contributed by atoms with Crippen LogP contribution in [0.1, 0.15) is 24.0 Å². The van der Waals surface area contributed by atoms with E-state index in [0.717, 1.165) is 5.56 Å². The fourth-order valence-electron chi connectivity index (χ4n) is 4.03. The normalized spacial score (nSPS) is 16.7. The van der Waals surface area contributed by atoms with Gasteiger partial charge in [0.2, 0.25) is 11.7 Å². The van der Waals surface area contributed by atoms with Crippen LogP contribution in [0.15, 0.2) is 59.5 Å². The van der Waals surface area contributed by atoms with Crippen molar-refractivity contribution in [2.75, 3.05) is 19.7 Å². The van der Waals surface area contributed by atoms with E-state index in [1.807, 2.05) is 36.2 Å². The van der Waals surface area contributed by atoms with Crippen molar-refractivity contribution < 1.29 is 14.1 Å². The first kappa shape index (κ1) is 19.4. The number of morpholine rings is 1. The van der Waals surface area contributed by atoms with E-state index >= 15 is 0 Å². The zero-order valence-electron chi connectivity index (χ0n) is 17.3. The Balaban J connectivity index is 1.24. The molecule has 0 N–H and O–H groups in total. The van der Waals surface area contributed by atoms with Crippen LogP contribution in [-0.2, 0) is 23.0 Å². The molecule has 4 heterocycles. The minimum absolute atomic E-state index is 0.107. The number of carbonyl (C=O) groups is 1. The Labute approximate surface area is 179 Å². The number of fused-ring (bicyclic) bond motifs is 1. The molecule has 5 rings (SSSR count). The van der Waals surface area contributed by atoms with Gasteiger partial charge >= 0.3 is 0 Å². The van der Waals surface area contributed by atoms with Crippen molar-refractivity contribution in [2.45, 2.75) is 18.9 Å². The Hall–Kier alpha value is -3.52. The topological polar surface area (TPSA) is 86.3 Å². The second kappa shape index (κ2) is 8.31. The van der Waals surface area contributed by atoms with Crippen LogP contribution in [0.25, 0.3) is 22.3 Å². The molecule has 1 aliphatic rings. The summed E-state index contributed by atoms with van der Waals surface area (Å²) in [5, 5.41) is 5.24. The highest BCUT2D eigenvalue weighted by atomic mass is 16.5. The molecular formula is C23H23N5O3. The Morgan fingerprint density at radius 2 is 2.03 bits per heavy atom. The predicted octanol–water partition coefficient (Wildman–Crippen LogP) is 3.16. The molecule has 4 aromatic rings. The maximum atomic E-state index is 12.9. The largest absolute Gasteiger partial charge is 0.365 e. The summed E-state index contributed by atoms with van der Waals surface area (Å²) in [5.41, 5.74) is 3.19. The number of ether oxygens (including phenoxy) is 1. The molecule has 0 spiro atoms. The molecular weight excluding hydrogens is 394 g/mol. The summed E-state index contributed by atoms with van der Waals surface area (Å²) in [5.74, 6) is 0.980. The zero-order chi connectivity index (χ0) is 21.2. The monoisotopic (exact) mass is 417 g/mol. The fourth-order valence-corrected chi connectivity index (χ4v) is 4.03. The Bertz CT molecular complexity index is 1200. The molecule has 8 nitrogen and oxygen atoms in total. The number of aryl methyl sites for hydroxylation is 2. The maximum Gasteiger partial charge on any atom is 0.257 e. The van der Waals surface area contributed by atoms with Gasteiger partial charge in [0.25, 0.3) is 5.89 Å². The SMILES string of the molecule is Cn1cc(CCC(=O)N2CCOC(c3nc(-c4ccncc4)no3)C2)c2ccccc21. The number of pyridine rings is 1. The number of carbonyl (C=O) groups excluding carboxylic acids is 1. The number of rotatable bonds is 5. The number of amides is 1. The second-order valence-electron chi connectivity index (χ2n) is 7.67. The summed E-state index contributed by atoms with van der Waals surface area (Å²) in [6, 6.07) is 11.9. The van der Waals surface area contributed by atoms with Crippen LogP contribution in [-0.4, -0.2) is 50.2 Å². The average molecular weight is 417 g/mol. The van der Waals surface area contributed by atoms with E-state index < -0.39 is 6.10 Å². The highest BCUT2D eigenvalue weighted by Crippen LogP contribution is 2.25. The molecule has 0 bridgehead atoms. The van der Waals surface area contributed by atoms with Crippen molar-refractivity contribution in [3.8, 4) is 11.4 Å². The van der Waals surface area contributed by atoms with Gasteiger partial charge in [-0.15, -0.1) is 0 Å². The third-order valence-electron chi connectivity index (χ3n) is 5.66. The second-order valence-corrected chi connectivity index (χ2v) is 7.67. The van der Waals surface area contributed by atoms with E-state index in [0.29, 0.717) is 44.3 Å². The van der Waals surface area contributed by atoms with Gasteiger partial charge in [-0.25, -0.2) is 0 Å². The lowest BCUT2D eigenvalue weighted by Crippen LogP contribution is -2.42. The molecule has 31 heavy (non-hydrogen) atoms. The van der Waals surface area contributed by atoms with Gasteiger partial charge in [-0.1, -0.05) is 23.4 Å². The average Bonchev–Trinajstić information content (AvgIpc) is 3.44. The van der Waals surface area contributed by atoms with Crippen LogP contribution in [0.5, 0.6) is 0 Å². The molecule has 1 atom stereocenters. The first-order valence-corrected chi connectivity index (χ1v) is 10.4. The fraction of sp³-hybridized carbons (Fsp3) is 0.304. The summed E-state index contributed by atoms with van der Waals surface area (Å²) in [6.45, 7) is 1.42.